The molecular weight excluding hydrogens is 250 g/mol. The topological polar surface area (TPSA) is 70.1 Å². The van der Waals surface area contributed by atoms with Crippen molar-refractivity contribution < 1.29 is 4.79 Å². The predicted molar refractivity (Wildman–Crippen MR) is 74.1 cm³/mol. The molecule has 1 heterocycles. The van der Waals surface area contributed by atoms with Crippen LogP contribution in [0.25, 0.3) is 0 Å². The minimum Gasteiger partial charge on any atom is -0.363 e. The molecule has 0 radical (unpaired) electrons. The maximum atomic E-state index is 11.9. The van der Waals surface area contributed by atoms with Gasteiger partial charge in [-0.25, -0.2) is 0 Å². The van der Waals surface area contributed by atoms with Crippen LogP contribution in [0.4, 0.5) is 5.13 Å². The van der Waals surface area contributed by atoms with Crippen molar-refractivity contribution in [3.05, 3.63) is 5.01 Å². The van der Waals surface area contributed by atoms with E-state index in [1.54, 1.807) is 7.05 Å². The van der Waals surface area contributed by atoms with Gasteiger partial charge in [0.25, 0.3) is 5.91 Å². The van der Waals surface area contributed by atoms with Crippen molar-refractivity contribution in [2.24, 2.45) is 5.41 Å². The van der Waals surface area contributed by atoms with Gasteiger partial charge in [0, 0.05) is 20.1 Å². The van der Waals surface area contributed by atoms with E-state index in [1.807, 2.05) is 14.1 Å². The van der Waals surface area contributed by atoms with Gasteiger partial charge in [0.1, 0.15) is 0 Å². The van der Waals surface area contributed by atoms with Gasteiger partial charge in [0.2, 0.25) is 10.1 Å². The monoisotopic (exact) mass is 271 g/mol. The van der Waals surface area contributed by atoms with E-state index < -0.39 is 0 Å². The molecule has 0 aliphatic rings. The molecule has 0 fully saturated rings. The maximum Gasteiger partial charge on any atom is 0.282 e. The molecule has 102 valence electrons. The Morgan fingerprint density at radius 1 is 1.39 bits per heavy atom. The Morgan fingerprint density at radius 2 is 2.06 bits per heavy atom. The lowest BCUT2D eigenvalue weighted by atomic mass is 9.93. The van der Waals surface area contributed by atoms with Crippen molar-refractivity contribution in [3.8, 4) is 0 Å². The molecule has 1 amide bonds. The fourth-order valence-corrected chi connectivity index (χ4v) is 2.34. The van der Waals surface area contributed by atoms with Crippen LogP contribution in [0.5, 0.6) is 0 Å². The summed E-state index contributed by atoms with van der Waals surface area (Å²) in [6.07, 6.45) is 0. The van der Waals surface area contributed by atoms with E-state index in [4.69, 9.17) is 0 Å². The minimum atomic E-state index is -0.166. The van der Waals surface area contributed by atoms with E-state index in [2.05, 4.69) is 39.6 Å². The van der Waals surface area contributed by atoms with Crippen molar-refractivity contribution in [2.75, 3.05) is 39.5 Å². The zero-order valence-corrected chi connectivity index (χ0v) is 12.4. The Morgan fingerprint density at radius 3 is 2.56 bits per heavy atom. The lowest BCUT2D eigenvalue weighted by Crippen LogP contribution is -2.39. The lowest BCUT2D eigenvalue weighted by molar-refractivity contribution is 0.0928. The number of nitrogens with one attached hydrogen (secondary N) is 2. The van der Waals surface area contributed by atoms with Crippen LogP contribution in [0.3, 0.4) is 0 Å². The zero-order chi connectivity index (χ0) is 13.8. The van der Waals surface area contributed by atoms with E-state index in [0.29, 0.717) is 16.7 Å². The van der Waals surface area contributed by atoms with Gasteiger partial charge < -0.3 is 15.5 Å². The van der Waals surface area contributed by atoms with Gasteiger partial charge in [-0.05, 0) is 19.5 Å². The molecule has 2 N–H and O–H groups in total. The van der Waals surface area contributed by atoms with Crippen LogP contribution in [0.2, 0.25) is 0 Å². The van der Waals surface area contributed by atoms with Gasteiger partial charge >= 0.3 is 0 Å². The molecule has 1 aromatic heterocycles. The number of carbonyl (C=O) groups is 1. The average Bonchev–Trinajstić information content (AvgIpc) is 2.72. The molecule has 1 aromatic rings. The van der Waals surface area contributed by atoms with Gasteiger partial charge in [-0.15, -0.1) is 10.2 Å². The Balaban J connectivity index is 2.50. The third kappa shape index (κ3) is 4.58. The third-order valence-corrected chi connectivity index (χ3v) is 3.24. The number of carbonyl (C=O) groups excluding carboxylic acids is 1. The number of nitrogens with zero attached hydrogens (tertiary/aromatic N) is 3. The van der Waals surface area contributed by atoms with Gasteiger partial charge in [-0.3, -0.25) is 4.79 Å². The SMILES string of the molecule is CNc1nnc(C(=O)NCC(C)(C)CN(C)C)s1. The van der Waals surface area contributed by atoms with Crippen LogP contribution in [-0.4, -0.2) is 55.2 Å². The number of hydrogen-bond donors (Lipinski definition) is 2. The second-order valence-electron chi connectivity index (χ2n) is 5.25. The van der Waals surface area contributed by atoms with Crippen molar-refractivity contribution in [1.82, 2.24) is 20.4 Å². The highest BCUT2D eigenvalue weighted by Crippen LogP contribution is 2.16. The second kappa shape index (κ2) is 6.10. The molecule has 18 heavy (non-hydrogen) atoms. The summed E-state index contributed by atoms with van der Waals surface area (Å²) in [6.45, 7) is 5.75. The number of aromatic nitrogens is 2. The summed E-state index contributed by atoms with van der Waals surface area (Å²) in [4.78, 5) is 14.0. The average molecular weight is 271 g/mol. The largest absolute Gasteiger partial charge is 0.363 e. The van der Waals surface area contributed by atoms with Crippen LogP contribution in [-0.2, 0) is 0 Å². The summed E-state index contributed by atoms with van der Waals surface area (Å²) in [5.74, 6) is -0.166. The molecule has 0 saturated carbocycles. The molecule has 0 bridgehead atoms. The Bertz CT molecular complexity index is 402. The van der Waals surface area contributed by atoms with Crippen molar-refractivity contribution in [1.29, 1.82) is 0 Å². The van der Waals surface area contributed by atoms with E-state index in [1.165, 1.54) is 11.3 Å². The van der Waals surface area contributed by atoms with Crippen LogP contribution >= 0.6 is 11.3 Å². The second-order valence-corrected chi connectivity index (χ2v) is 6.22. The lowest BCUT2D eigenvalue weighted by Gasteiger charge is -2.28. The summed E-state index contributed by atoms with van der Waals surface area (Å²) in [5.41, 5.74) is 0.0235. The summed E-state index contributed by atoms with van der Waals surface area (Å²) in [5, 5.41) is 14.5. The maximum absolute atomic E-state index is 11.9. The predicted octanol–water partition coefficient (Wildman–Crippen LogP) is 0.897. The summed E-state index contributed by atoms with van der Waals surface area (Å²) in [7, 11) is 5.80. The van der Waals surface area contributed by atoms with Gasteiger partial charge in [-0.1, -0.05) is 25.2 Å². The van der Waals surface area contributed by atoms with E-state index >= 15 is 0 Å². The smallest absolute Gasteiger partial charge is 0.282 e. The highest BCUT2D eigenvalue weighted by molar-refractivity contribution is 7.17. The van der Waals surface area contributed by atoms with Gasteiger partial charge in [-0.2, -0.15) is 0 Å². The van der Waals surface area contributed by atoms with Gasteiger partial charge in [0.05, 0.1) is 0 Å². The molecule has 6 nitrogen and oxygen atoms in total. The van der Waals surface area contributed by atoms with E-state index in [9.17, 15) is 4.79 Å². The molecule has 0 unspecified atom stereocenters. The Hall–Kier alpha value is -1.21. The first-order valence-electron chi connectivity index (χ1n) is 5.78. The highest BCUT2D eigenvalue weighted by atomic mass is 32.1. The number of anilines is 1. The Kier molecular flexibility index (Phi) is 5.03. The first-order valence-corrected chi connectivity index (χ1v) is 6.60. The van der Waals surface area contributed by atoms with Crippen LogP contribution in [0.1, 0.15) is 23.6 Å². The molecule has 7 heteroatoms. The summed E-state index contributed by atoms with van der Waals surface area (Å²) in [6, 6.07) is 0. The van der Waals surface area contributed by atoms with E-state index in [-0.39, 0.29) is 11.3 Å². The Labute approximate surface area is 112 Å². The molecule has 0 aromatic carbocycles. The van der Waals surface area contributed by atoms with Crippen LogP contribution in [0.15, 0.2) is 0 Å². The first-order chi connectivity index (χ1) is 8.34. The molecule has 0 aliphatic heterocycles. The number of amides is 1. The normalized spacial score (nSPS) is 11.7. The third-order valence-electron chi connectivity index (χ3n) is 2.30. The van der Waals surface area contributed by atoms with Crippen molar-refractivity contribution in [2.45, 2.75) is 13.8 Å². The van der Waals surface area contributed by atoms with Gasteiger partial charge in [0.15, 0.2) is 0 Å². The zero-order valence-electron chi connectivity index (χ0n) is 11.6. The fourth-order valence-electron chi connectivity index (χ4n) is 1.72. The first kappa shape index (κ1) is 14.8. The standard InChI is InChI=1S/C11H21N5OS/c1-11(2,7-16(4)5)6-13-8(17)9-14-15-10(12-3)18-9/h6-7H2,1-5H3,(H,12,15)(H,13,17). The molecule has 0 aliphatic carbocycles. The number of hydrogen-bond acceptors (Lipinski definition) is 6. The van der Waals surface area contributed by atoms with Crippen molar-refractivity contribution in [3.63, 3.8) is 0 Å². The number of rotatable bonds is 6. The van der Waals surface area contributed by atoms with Crippen LogP contribution < -0.4 is 10.6 Å². The fraction of sp³-hybridized carbons (Fsp3) is 0.727. The minimum absolute atomic E-state index is 0.0235. The molecular formula is C11H21N5OS. The molecule has 0 atom stereocenters. The molecule has 1 rings (SSSR count). The highest BCUT2D eigenvalue weighted by Gasteiger charge is 2.21. The summed E-state index contributed by atoms with van der Waals surface area (Å²) < 4.78 is 0. The molecule has 0 spiro atoms. The van der Waals surface area contributed by atoms with E-state index in [0.717, 1.165) is 6.54 Å². The molecule has 0 saturated heterocycles. The van der Waals surface area contributed by atoms with Crippen molar-refractivity contribution >= 4 is 22.4 Å². The quantitative estimate of drug-likeness (QED) is 0.804. The summed E-state index contributed by atoms with van der Waals surface area (Å²) >= 11 is 1.25. The van der Waals surface area contributed by atoms with Crippen LogP contribution in [0, 0.1) is 5.41 Å².